The number of nitrogens with one attached hydrogen (secondary N) is 1. The van der Waals surface area contributed by atoms with Gasteiger partial charge in [0.2, 0.25) is 5.91 Å². The largest absolute Gasteiger partial charge is 0.383 e. The van der Waals surface area contributed by atoms with Gasteiger partial charge in [0.25, 0.3) is 5.91 Å². The number of benzene rings is 1. The van der Waals surface area contributed by atoms with E-state index in [9.17, 15) is 9.59 Å². The zero-order valence-corrected chi connectivity index (χ0v) is 17.9. The van der Waals surface area contributed by atoms with Gasteiger partial charge in [-0.2, -0.15) is 0 Å². The minimum Gasteiger partial charge on any atom is -0.383 e. The van der Waals surface area contributed by atoms with Crippen LogP contribution in [0.1, 0.15) is 29.8 Å². The third kappa shape index (κ3) is 4.39. The maximum Gasteiger partial charge on any atom is 0.270 e. The summed E-state index contributed by atoms with van der Waals surface area (Å²) in [5, 5.41) is 6.67. The Balaban J connectivity index is 1.42. The summed E-state index contributed by atoms with van der Waals surface area (Å²) in [6.45, 7) is 3.38. The number of rotatable bonds is 9. The number of methoxy groups -OCH3 is 1. The number of para-hydroxylation sites is 1. The van der Waals surface area contributed by atoms with Crippen LogP contribution in [-0.4, -0.2) is 59.6 Å². The van der Waals surface area contributed by atoms with Crippen LogP contribution in [0.4, 0.5) is 0 Å². The number of ether oxygens (including phenoxy) is 1. The van der Waals surface area contributed by atoms with Gasteiger partial charge in [-0.15, -0.1) is 11.3 Å². The molecule has 158 valence electrons. The van der Waals surface area contributed by atoms with Gasteiger partial charge in [0, 0.05) is 56.0 Å². The van der Waals surface area contributed by atoms with Gasteiger partial charge < -0.3 is 19.5 Å². The van der Waals surface area contributed by atoms with E-state index in [1.165, 1.54) is 11.3 Å². The highest BCUT2D eigenvalue weighted by Gasteiger charge is 2.20. The predicted molar refractivity (Wildman–Crippen MR) is 118 cm³/mol. The lowest BCUT2D eigenvalue weighted by atomic mass is 10.2. The van der Waals surface area contributed by atoms with E-state index in [4.69, 9.17) is 4.74 Å². The summed E-state index contributed by atoms with van der Waals surface area (Å²) in [6, 6.07) is 10.3. The fourth-order valence-corrected chi connectivity index (χ4v) is 4.63. The van der Waals surface area contributed by atoms with E-state index in [1.54, 1.807) is 12.5 Å². The Morgan fingerprint density at radius 2 is 2.17 bits per heavy atom. The van der Waals surface area contributed by atoms with Crippen molar-refractivity contribution in [3.8, 4) is 10.7 Å². The second kappa shape index (κ2) is 9.40. The predicted octanol–water partition coefficient (Wildman–Crippen LogP) is 3.15. The molecule has 0 saturated carbocycles. The highest BCUT2D eigenvalue weighted by Crippen LogP contribution is 2.30. The number of carbonyl (C=O) groups is 2. The quantitative estimate of drug-likeness (QED) is 0.533. The smallest absolute Gasteiger partial charge is 0.270 e. The first-order valence-electron chi connectivity index (χ1n) is 10.3. The Labute approximate surface area is 179 Å². The molecule has 30 heavy (non-hydrogen) atoms. The second-order valence-electron chi connectivity index (χ2n) is 7.36. The fraction of sp³-hybridized carbons (Fsp3) is 0.409. The number of hydrogen-bond donors (Lipinski definition) is 1. The summed E-state index contributed by atoms with van der Waals surface area (Å²) in [5.74, 6) is 0.0409. The Hall–Kier alpha value is -2.71. The Morgan fingerprint density at radius 3 is 2.97 bits per heavy atom. The molecule has 3 heterocycles. The van der Waals surface area contributed by atoms with E-state index in [2.05, 4.69) is 33.1 Å². The van der Waals surface area contributed by atoms with Gasteiger partial charge in [-0.25, -0.2) is 4.98 Å². The maximum atomic E-state index is 12.5. The molecule has 0 atom stereocenters. The summed E-state index contributed by atoms with van der Waals surface area (Å²) >= 11 is 1.47. The van der Waals surface area contributed by atoms with Gasteiger partial charge in [0.1, 0.15) is 10.7 Å². The van der Waals surface area contributed by atoms with E-state index in [0.717, 1.165) is 47.5 Å². The highest BCUT2D eigenvalue weighted by atomic mass is 32.1. The summed E-state index contributed by atoms with van der Waals surface area (Å²) in [4.78, 5) is 30.6. The molecule has 2 amide bonds. The van der Waals surface area contributed by atoms with Gasteiger partial charge in [-0.1, -0.05) is 18.2 Å². The van der Waals surface area contributed by atoms with Crippen LogP contribution in [-0.2, 0) is 16.1 Å². The van der Waals surface area contributed by atoms with Crippen molar-refractivity contribution in [2.45, 2.75) is 25.8 Å². The van der Waals surface area contributed by atoms with E-state index >= 15 is 0 Å². The van der Waals surface area contributed by atoms with Gasteiger partial charge in [-0.05, 0) is 25.0 Å². The average molecular weight is 427 g/mol. The van der Waals surface area contributed by atoms with Crippen LogP contribution < -0.4 is 5.32 Å². The van der Waals surface area contributed by atoms with Gasteiger partial charge in [-0.3, -0.25) is 9.59 Å². The summed E-state index contributed by atoms with van der Waals surface area (Å²) < 4.78 is 7.46. The van der Waals surface area contributed by atoms with Crippen molar-refractivity contribution in [2.24, 2.45) is 0 Å². The topological polar surface area (TPSA) is 76.5 Å². The zero-order valence-electron chi connectivity index (χ0n) is 17.1. The number of likely N-dealkylation sites (tertiary alicyclic amines) is 1. The maximum absolute atomic E-state index is 12.5. The molecule has 0 unspecified atom stereocenters. The molecule has 1 fully saturated rings. The Bertz CT molecular complexity index is 1040. The van der Waals surface area contributed by atoms with Crippen LogP contribution in [0, 0.1) is 0 Å². The molecule has 0 radical (unpaired) electrons. The standard InChI is InChI=1S/C22H26N4O3S/c1-29-13-12-26-18-7-3-2-6-16(18)14-19(26)22-24-17(15-30-22)21(28)23-9-5-11-25-10-4-8-20(25)27/h2-3,6-7,14-15H,4-5,8-13H2,1H3,(H,23,28). The van der Waals surface area contributed by atoms with Crippen molar-refractivity contribution in [3.63, 3.8) is 0 Å². The molecule has 2 aromatic heterocycles. The molecular formula is C22H26N4O3S. The van der Waals surface area contributed by atoms with Crippen LogP contribution >= 0.6 is 11.3 Å². The summed E-state index contributed by atoms with van der Waals surface area (Å²) in [5.41, 5.74) is 2.54. The van der Waals surface area contributed by atoms with Gasteiger partial charge in [0.05, 0.1) is 12.3 Å². The lowest BCUT2D eigenvalue weighted by molar-refractivity contribution is -0.127. The molecule has 0 spiro atoms. The van der Waals surface area contributed by atoms with E-state index in [-0.39, 0.29) is 11.8 Å². The van der Waals surface area contributed by atoms with Crippen molar-refractivity contribution in [1.29, 1.82) is 0 Å². The Morgan fingerprint density at radius 1 is 1.30 bits per heavy atom. The molecule has 1 saturated heterocycles. The number of amides is 2. The minimum atomic E-state index is -0.176. The van der Waals surface area contributed by atoms with E-state index in [1.807, 2.05) is 17.0 Å². The Kier molecular flexibility index (Phi) is 6.44. The van der Waals surface area contributed by atoms with Gasteiger partial charge in [0.15, 0.2) is 0 Å². The molecule has 1 aromatic carbocycles. The average Bonchev–Trinajstić information content (AvgIpc) is 3.48. The summed E-state index contributed by atoms with van der Waals surface area (Å²) in [6.07, 6.45) is 2.34. The second-order valence-corrected chi connectivity index (χ2v) is 8.22. The number of thiazole rings is 1. The molecule has 3 aromatic rings. The molecule has 0 aliphatic carbocycles. The van der Waals surface area contributed by atoms with Crippen LogP contribution in [0.3, 0.4) is 0 Å². The molecule has 8 heteroatoms. The van der Waals surface area contributed by atoms with Crippen molar-refractivity contribution in [1.82, 2.24) is 19.8 Å². The summed E-state index contributed by atoms with van der Waals surface area (Å²) in [7, 11) is 1.69. The normalized spacial score (nSPS) is 14.0. The SMILES string of the molecule is COCCn1c(-c2nc(C(=O)NCCCN3CCCC3=O)cs2)cc2ccccc21. The van der Waals surface area contributed by atoms with Crippen molar-refractivity contribution >= 4 is 34.1 Å². The van der Waals surface area contributed by atoms with E-state index in [0.29, 0.717) is 31.8 Å². The monoisotopic (exact) mass is 426 g/mol. The highest BCUT2D eigenvalue weighted by molar-refractivity contribution is 7.13. The molecule has 1 N–H and O–H groups in total. The first kappa shape index (κ1) is 20.6. The first-order chi connectivity index (χ1) is 14.7. The lowest BCUT2D eigenvalue weighted by Gasteiger charge is -2.15. The fourth-order valence-electron chi connectivity index (χ4n) is 3.81. The number of hydrogen-bond acceptors (Lipinski definition) is 5. The molecule has 1 aliphatic heterocycles. The van der Waals surface area contributed by atoms with Crippen LogP contribution in [0.25, 0.3) is 21.6 Å². The van der Waals surface area contributed by atoms with Crippen molar-refractivity contribution < 1.29 is 14.3 Å². The van der Waals surface area contributed by atoms with E-state index < -0.39 is 0 Å². The molecule has 1 aliphatic rings. The number of aromatic nitrogens is 2. The number of fused-ring (bicyclic) bond motifs is 1. The number of nitrogens with zero attached hydrogens (tertiary/aromatic N) is 3. The van der Waals surface area contributed by atoms with Gasteiger partial charge >= 0.3 is 0 Å². The minimum absolute atomic E-state index is 0.176. The van der Waals surface area contributed by atoms with Crippen LogP contribution in [0.15, 0.2) is 35.7 Å². The lowest BCUT2D eigenvalue weighted by Crippen LogP contribution is -2.30. The van der Waals surface area contributed by atoms with Crippen LogP contribution in [0.2, 0.25) is 0 Å². The molecular weight excluding hydrogens is 400 g/mol. The molecule has 4 rings (SSSR count). The van der Waals surface area contributed by atoms with Crippen molar-refractivity contribution in [3.05, 3.63) is 41.4 Å². The third-order valence-electron chi connectivity index (χ3n) is 5.35. The molecule has 7 nitrogen and oxygen atoms in total. The third-order valence-corrected chi connectivity index (χ3v) is 6.21. The first-order valence-corrected chi connectivity index (χ1v) is 11.1. The van der Waals surface area contributed by atoms with Crippen LogP contribution in [0.5, 0.6) is 0 Å². The zero-order chi connectivity index (χ0) is 20.9. The number of carbonyl (C=O) groups excluding carboxylic acids is 2. The van der Waals surface area contributed by atoms with Crippen molar-refractivity contribution in [2.75, 3.05) is 33.4 Å². The molecule has 0 bridgehead atoms.